The number of amides is 3. The summed E-state index contributed by atoms with van der Waals surface area (Å²) in [7, 11) is -3.08. The van der Waals surface area contributed by atoms with Crippen LogP contribution in [0.3, 0.4) is 0 Å². The number of carbonyl (C=O) groups excluding carboxylic acids is 3. The fraction of sp³-hybridized carbons (Fsp3) is 0.325. The molecule has 0 aromatic heterocycles. The zero-order valence-electron chi connectivity index (χ0n) is 28.9. The molecule has 11 heteroatoms. The lowest BCUT2D eigenvalue weighted by Crippen LogP contribution is -2.45. The number of hydrogen-bond acceptors (Lipinski definition) is 7. The molecule has 2 fully saturated rings. The van der Waals surface area contributed by atoms with Gasteiger partial charge in [-0.05, 0) is 80.5 Å². The summed E-state index contributed by atoms with van der Waals surface area (Å²) in [5, 5.41) is 9.96. The van der Waals surface area contributed by atoms with E-state index in [0.29, 0.717) is 51.9 Å². The van der Waals surface area contributed by atoms with Crippen molar-refractivity contribution in [2.45, 2.75) is 62.6 Å². The van der Waals surface area contributed by atoms with Crippen LogP contribution >= 0.6 is 0 Å². The van der Waals surface area contributed by atoms with Crippen LogP contribution in [0.25, 0.3) is 0 Å². The largest absolute Gasteiger partial charge is 0.454 e. The van der Waals surface area contributed by atoms with Crippen LogP contribution in [-0.2, 0) is 19.9 Å². The number of likely N-dealkylation sites (tertiary alicyclic amines) is 1. The summed E-state index contributed by atoms with van der Waals surface area (Å²) in [6.07, 6.45) is 0.758. The molecule has 0 aliphatic carbocycles. The van der Waals surface area contributed by atoms with Crippen LogP contribution in [0.2, 0.25) is 18.6 Å². The van der Waals surface area contributed by atoms with Gasteiger partial charge in [-0.1, -0.05) is 49.4 Å². The standard InChI is InChI=1S/C40H41N3O7Si/c1-25-37(51(2,3)48)35(23-36(45)41-21-11-14-28(41)24-44)50-40(25)30-22-27(19-20-31(30)43(39(40)47)26-12-5-4-6-13-26)42-32-16-8-10-18-34(32)49-33-17-9-7-15-29(33)38(42)46/h4-10,12-13,15-20,22,25,28,35,37,44,48H,11,14,21,23-24H2,1-3H3/t25-,28-,35+,37-,40+/m0/s1. The SMILES string of the molecule is C[C@H]1[C@H]([Si](C)(C)O)[C@@H](CC(=O)N2CCC[C@H]2CO)O[C@]12C(=O)N(c1ccccc1)c1ccc(N3C(=O)c4ccccc4Oc4ccccc43)cc12. The van der Waals surface area contributed by atoms with Crippen molar-refractivity contribution in [3.8, 4) is 11.5 Å². The van der Waals surface area contributed by atoms with E-state index in [1.165, 1.54) is 0 Å². The van der Waals surface area contributed by atoms with E-state index < -0.39 is 31.5 Å². The number of hydrogen-bond donors (Lipinski definition) is 2. The van der Waals surface area contributed by atoms with Gasteiger partial charge in [0.1, 0.15) is 5.75 Å². The molecule has 4 aromatic rings. The molecule has 8 rings (SSSR count). The summed E-state index contributed by atoms with van der Waals surface area (Å²) in [5.41, 5.74) is 1.25. The van der Waals surface area contributed by atoms with E-state index in [1.807, 2.05) is 98.9 Å². The normalized spacial score (nSPS) is 25.5. The van der Waals surface area contributed by atoms with Crippen LogP contribution in [0.1, 0.15) is 42.1 Å². The lowest BCUT2D eigenvalue weighted by molar-refractivity contribution is -0.149. The maximum absolute atomic E-state index is 15.1. The summed E-state index contributed by atoms with van der Waals surface area (Å²) in [6.45, 7) is 6.03. The number of aliphatic hydroxyl groups is 1. The van der Waals surface area contributed by atoms with Crippen LogP contribution in [0, 0.1) is 5.92 Å². The number of benzene rings is 4. The predicted octanol–water partition coefficient (Wildman–Crippen LogP) is 6.62. The lowest BCUT2D eigenvalue weighted by Gasteiger charge is -2.33. The van der Waals surface area contributed by atoms with Crippen LogP contribution in [0.5, 0.6) is 11.5 Å². The zero-order chi connectivity index (χ0) is 35.7. The minimum Gasteiger partial charge on any atom is -0.454 e. The van der Waals surface area contributed by atoms with Gasteiger partial charge in [-0.15, -0.1) is 0 Å². The summed E-state index contributed by atoms with van der Waals surface area (Å²) in [4.78, 5) is 60.2. The minimum absolute atomic E-state index is 0.0238. The number of carbonyl (C=O) groups is 3. The number of para-hydroxylation sites is 4. The van der Waals surface area contributed by atoms with Crippen molar-refractivity contribution in [1.29, 1.82) is 0 Å². The monoisotopic (exact) mass is 703 g/mol. The summed E-state index contributed by atoms with van der Waals surface area (Å²) >= 11 is 0. The predicted molar refractivity (Wildman–Crippen MR) is 195 cm³/mol. The van der Waals surface area contributed by atoms with Crippen molar-refractivity contribution < 1.29 is 33.8 Å². The van der Waals surface area contributed by atoms with E-state index in [0.717, 1.165) is 12.8 Å². The number of fused-ring (bicyclic) bond motifs is 4. The Bertz CT molecular complexity index is 2030. The van der Waals surface area contributed by atoms with Gasteiger partial charge in [-0.2, -0.15) is 0 Å². The number of nitrogens with zero attached hydrogens (tertiary/aromatic N) is 3. The van der Waals surface area contributed by atoms with Crippen molar-refractivity contribution in [2.24, 2.45) is 5.92 Å². The van der Waals surface area contributed by atoms with Gasteiger partial charge in [0.05, 0.1) is 42.1 Å². The molecular formula is C40H41N3O7Si. The molecule has 0 bridgehead atoms. The first-order chi connectivity index (χ1) is 24.5. The molecule has 10 nitrogen and oxygen atoms in total. The van der Waals surface area contributed by atoms with Gasteiger partial charge < -0.3 is 24.3 Å². The number of rotatable bonds is 6. The number of ether oxygens (including phenoxy) is 2. The highest BCUT2D eigenvalue weighted by Crippen LogP contribution is 2.61. The van der Waals surface area contributed by atoms with Gasteiger partial charge >= 0.3 is 0 Å². The average Bonchev–Trinajstić information content (AvgIpc) is 3.76. The number of anilines is 4. The molecular weight excluding hydrogens is 663 g/mol. The highest BCUT2D eigenvalue weighted by Gasteiger charge is 2.67. The smallest absolute Gasteiger partial charge is 0.268 e. The Morgan fingerprint density at radius 1 is 0.882 bits per heavy atom. The van der Waals surface area contributed by atoms with Gasteiger partial charge in [-0.3, -0.25) is 24.2 Å². The Hall–Kier alpha value is -4.81. The lowest BCUT2D eigenvalue weighted by atomic mass is 9.82. The molecule has 5 atom stereocenters. The van der Waals surface area contributed by atoms with E-state index in [1.54, 1.807) is 32.9 Å². The molecule has 4 aromatic carbocycles. The van der Waals surface area contributed by atoms with E-state index in [9.17, 15) is 19.5 Å². The molecule has 3 amide bonds. The maximum Gasteiger partial charge on any atom is 0.268 e. The highest BCUT2D eigenvalue weighted by atomic mass is 28.4. The van der Waals surface area contributed by atoms with Crippen molar-refractivity contribution in [2.75, 3.05) is 23.0 Å². The average molecular weight is 704 g/mol. The van der Waals surface area contributed by atoms with Crippen LogP contribution in [0.15, 0.2) is 97.1 Å². The van der Waals surface area contributed by atoms with Crippen molar-refractivity contribution in [3.63, 3.8) is 0 Å². The molecule has 51 heavy (non-hydrogen) atoms. The van der Waals surface area contributed by atoms with Crippen molar-refractivity contribution >= 4 is 48.8 Å². The Morgan fingerprint density at radius 3 is 2.33 bits per heavy atom. The second-order valence-electron chi connectivity index (χ2n) is 14.5. The second kappa shape index (κ2) is 12.4. The Labute approximate surface area is 298 Å². The molecule has 0 radical (unpaired) electrons. The molecule has 0 unspecified atom stereocenters. The fourth-order valence-electron chi connectivity index (χ4n) is 8.87. The maximum atomic E-state index is 15.1. The van der Waals surface area contributed by atoms with Gasteiger partial charge in [0, 0.05) is 34.9 Å². The van der Waals surface area contributed by atoms with E-state index in [2.05, 4.69) is 0 Å². The molecule has 1 spiro atoms. The number of aliphatic hydroxyl groups excluding tert-OH is 1. The van der Waals surface area contributed by atoms with E-state index in [-0.39, 0.29) is 36.8 Å². The molecule has 4 aliphatic rings. The Kier molecular flexibility index (Phi) is 8.14. The zero-order valence-corrected chi connectivity index (χ0v) is 29.9. The molecule has 4 heterocycles. The van der Waals surface area contributed by atoms with Gasteiger partial charge in [0.25, 0.3) is 11.8 Å². The Morgan fingerprint density at radius 2 is 1.59 bits per heavy atom. The van der Waals surface area contributed by atoms with E-state index in [4.69, 9.17) is 9.47 Å². The fourth-order valence-corrected chi connectivity index (χ4v) is 11.4. The summed E-state index contributed by atoms with van der Waals surface area (Å²) in [5.74, 6) is -0.330. The summed E-state index contributed by atoms with van der Waals surface area (Å²) < 4.78 is 13.3. The van der Waals surface area contributed by atoms with E-state index >= 15 is 4.79 Å². The third-order valence-corrected chi connectivity index (χ3v) is 13.6. The van der Waals surface area contributed by atoms with Crippen LogP contribution in [-0.4, -0.2) is 66.1 Å². The van der Waals surface area contributed by atoms with Gasteiger partial charge in [0.15, 0.2) is 19.7 Å². The molecule has 262 valence electrons. The molecule has 2 saturated heterocycles. The second-order valence-corrected chi connectivity index (χ2v) is 18.5. The third kappa shape index (κ3) is 5.21. The topological polar surface area (TPSA) is 120 Å². The van der Waals surface area contributed by atoms with Gasteiger partial charge in [0.2, 0.25) is 5.91 Å². The van der Waals surface area contributed by atoms with Crippen molar-refractivity contribution in [3.05, 3.63) is 108 Å². The first kappa shape index (κ1) is 33.3. The third-order valence-electron chi connectivity index (χ3n) is 11.1. The first-order valence-electron chi connectivity index (χ1n) is 17.6. The van der Waals surface area contributed by atoms with Crippen LogP contribution in [0.4, 0.5) is 22.7 Å². The highest BCUT2D eigenvalue weighted by molar-refractivity contribution is 6.71. The molecule has 0 saturated carbocycles. The van der Waals surface area contributed by atoms with Gasteiger partial charge in [-0.25, -0.2) is 0 Å². The molecule has 2 N–H and O–H groups in total. The van der Waals surface area contributed by atoms with Crippen LogP contribution < -0.4 is 14.5 Å². The Balaban J connectivity index is 1.29. The quantitative estimate of drug-likeness (QED) is 0.217. The first-order valence-corrected chi connectivity index (χ1v) is 20.6. The summed E-state index contributed by atoms with van der Waals surface area (Å²) in [6, 6.07) is 29.1. The minimum atomic E-state index is -3.08. The molecule has 4 aliphatic heterocycles. The van der Waals surface area contributed by atoms with Crippen molar-refractivity contribution in [1.82, 2.24) is 4.90 Å².